The standard InChI is InChI=1S/C11H9ClO3/c1-3-8-9(11(12)14)5-4-6-10(8)15-7(2)13/h3-6H,1H2,2H3. The summed E-state index contributed by atoms with van der Waals surface area (Å²) in [6, 6.07) is 4.70. The zero-order valence-electron chi connectivity index (χ0n) is 8.12. The number of halogens is 1. The molecule has 0 aromatic heterocycles. The summed E-state index contributed by atoms with van der Waals surface area (Å²) in [5.74, 6) is -0.179. The van der Waals surface area contributed by atoms with Gasteiger partial charge in [0.05, 0.1) is 0 Å². The number of rotatable bonds is 3. The monoisotopic (exact) mass is 224 g/mol. The number of esters is 1. The molecule has 15 heavy (non-hydrogen) atoms. The SMILES string of the molecule is C=Cc1c(OC(C)=O)cccc1C(=O)Cl. The van der Waals surface area contributed by atoms with E-state index in [1.807, 2.05) is 0 Å². The van der Waals surface area contributed by atoms with Crippen LogP contribution in [-0.2, 0) is 4.79 Å². The van der Waals surface area contributed by atoms with Crippen LogP contribution in [0.1, 0.15) is 22.8 Å². The average Bonchev–Trinajstić information content (AvgIpc) is 2.16. The van der Waals surface area contributed by atoms with Crippen LogP contribution in [0.2, 0.25) is 0 Å². The maximum Gasteiger partial charge on any atom is 0.308 e. The van der Waals surface area contributed by atoms with Gasteiger partial charge in [-0.1, -0.05) is 18.7 Å². The van der Waals surface area contributed by atoms with Crippen molar-refractivity contribution in [2.45, 2.75) is 6.92 Å². The summed E-state index contributed by atoms with van der Waals surface area (Å²) in [5, 5.41) is -0.612. The van der Waals surface area contributed by atoms with Crippen LogP contribution in [0.3, 0.4) is 0 Å². The number of carbonyl (C=O) groups is 2. The third-order valence-electron chi connectivity index (χ3n) is 1.74. The molecule has 0 bridgehead atoms. The third-order valence-corrected chi connectivity index (χ3v) is 1.94. The van der Waals surface area contributed by atoms with Crippen LogP contribution in [0.15, 0.2) is 24.8 Å². The quantitative estimate of drug-likeness (QED) is 0.450. The molecule has 4 heteroatoms. The fourth-order valence-electron chi connectivity index (χ4n) is 1.17. The Bertz CT molecular complexity index is 424. The minimum atomic E-state index is -0.612. The second-order valence-corrected chi connectivity index (χ2v) is 3.13. The smallest absolute Gasteiger partial charge is 0.308 e. The molecule has 0 atom stereocenters. The predicted octanol–water partition coefficient (Wildman–Crippen LogP) is 2.63. The highest BCUT2D eigenvalue weighted by atomic mass is 35.5. The lowest BCUT2D eigenvalue weighted by atomic mass is 10.1. The van der Waals surface area contributed by atoms with Gasteiger partial charge in [0.25, 0.3) is 5.24 Å². The van der Waals surface area contributed by atoms with Gasteiger partial charge in [0.15, 0.2) is 0 Å². The van der Waals surface area contributed by atoms with Crippen molar-refractivity contribution < 1.29 is 14.3 Å². The summed E-state index contributed by atoms with van der Waals surface area (Å²) in [5.41, 5.74) is 0.693. The van der Waals surface area contributed by atoms with E-state index in [0.717, 1.165) is 0 Å². The number of ether oxygens (including phenoxy) is 1. The van der Waals surface area contributed by atoms with E-state index in [-0.39, 0.29) is 11.3 Å². The Kier molecular flexibility index (Phi) is 3.63. The number of hydrogen-bond donors (Lipinski definition) is 0. The van der Waals surface area contributed by atoms with E-state index in [1.165, 1.54) is 13.0 Å². The predicted molar refractivity (Wildman–Crippen MR) is 58.0 cm³/mol. The van der Waals surface area contributed by atoms with Crippen molar-refractivity contribution in [3.05, 3.63) is 35.9 Å². The molecule has 0 heterocycles. The molecule has 0 unspecified atom stereocenters. The second-order valence-electron chi connectivity index (χ2n) is 2.79. The first-order chi connectivity index (χ1) is 7.06. The Balaban J connectivity index is 3.27. The highest BCUT2D eigenvalue weighted by Gasteiger charge is 2.12. The maximum absolute atomic E-state index is 11.0. The first kappa shape index (κ1) is 11.5. The van der Waals surface area contributed by atoms with E-state index in [4.69, 9.17) is 16.3 Å². The van der Waals surface area contributed by atoms with Crippen LogP contribution >= 0.6 is 11.6 Å². The van der Waals surface area contributed by atoms with Crippen LogP contribution in [0.4, 0.5) is 0 Å². The first-order valence-corrected chi connectivity index (χ1v) is 4.57. The van der Waals surface area contributed by atoms with Gasteiger partial charge in [-0.2, -0.15) is 0 Å². The molecule has 0 aliphatic rings. The van der Waals surface area contributed by atoms with E-state index < -0.39 is 11.2 Å². The third kappa shape index (κ3) is 2.67. The van der Waals surface area contributed by atoms with Gasteiger partial charge in [-0.05, 0) is 23.7 Å². The Morgan fingerprint density at radius 3 is 2.60 bits per heavy atom. The van der Waals surface area contributed by atoms with E-state index in [2.05, 4.69) is 6.58 Å². The van der Waals surface area contributed by atoms with Gasteiger partial charge in [0.2, 0.25) is 0 Å². The molecule has 0 spiro atoms. The molecule has 0 aliphatic heterocycles. The topological polar surface area (TPSA) is 43.4 Å². The molecule has 0 N–H and O–H groups in total. The van der Waals surface area contributed by atoms with Gasteiger partial charge in [0.1, 0.15) is 5.75 Å². The van der Waals surface area contributed by atoms with Crippen LogP contribution < -0.4 is 4.74 Å². The van der Waals surface area contributed by atoms with Crippen LogP contribution in [0.5, 0.6) is 5.75 Å². The lowest BCUT2D eigenvalue weighted by molar-refractivity contribution is -0.131. The molecule has 0 radical (unpaired) electrons. The lowest BCUT2D eigenvalue weighted by Crippen LogP contribution is -2.04. The van der Waals surface area contributed by atoms with Gasteiger partial charge in [-0.25, -0.2) is 0 Å². The van der Waals surface area contributed by atoms with E-state index in [1.54, 1.807) is 18.2 Å². The largest absolute Gasteiger partial charge is 0.426 e. The molecular weight excluding hydrogens is 216 g/mol. The van der Waals surface area contributed by atoms with Gasteiger partial charge < -0.3 is 4.74 Å². The Morgan fingerprint density at radius 2 is 2.13 bits per heavy atom. The van der Waals surface area contributed by atoms with Crippen molar-refractivity contribution in [1.82, 2.24) is 0 Å². The molecule has 0 saturated heterocycles. The van der Waals surface area contributed by atoms with Crippen LogP contribution in [-0.4, -0.2) is 11.2 Å². The Hall–Kier alpha value is -1.61. The van der Waals surface area contributed by atoms with Crippen molar-refractivity contribution in [1.29, 1.82) is 0 Å². The number of benzene rings is 1. The Morgan fingerprint density at radius 1 is 1.47 bits per heavy atom. The van der Waals surface area contributed by atoms with Gasteiger partial charge in [-0.3, -0.25) is 9.59 Å². The van der Waals surface area contributed by atoms with Crippen molar-refractivity contribution >= 4 is 28.9 Å². The van der Waals surface area contributed by atoms with Crippen molar-refractivity contribution in [3.63, 3.8) is 0 Å². The van der Waals surface area contributed by atoms with Crippen molar-refractivity contribution in [3.8, 4) is 5.75 Å². The number of hydrogen-bond acceptors (Lipinski definition) is 3. The van der Waals surface area contributed by atoms with E-state index >= 15 is 0 Å². The molecule has 0 fully saturated rings. The highest BCUT2D eigenvalue weighted by Crippen LogP contribution is 2.25. The number of carbonyl (C=O) groups excluding carboxylic acids is 2. The Labute approximate surface area is 92.3 Å². The van der Waals surface area contributed by atoms with Crippen molar-refractivity contribution in [2.75, 3.05) is 0 Å². The van der Waals surface area contributed by atoms with Crippen molar-refractivity contribution in [2.24, 2.45) is 0 Å². The summed E-state index contributed by atoms with van der Waals surface area (Å²) < 4.78 is 4.91. The fraction of sp³-hybridized carbons (Fsp3) is 0.0909. The van der Waals surface area contributed by atoms with Crippen LogP contribution in [0.25, 0.3) is 6.08 Å². The first-order valence-electron chi connectivity index (χ1n) is 4.20. The van der Waals surface area contributed by atoms with Crippen LogP contribution in [0, 0.1) is 0 Å². The van der Waals surface area contributed by atoms with Gasteiger partial charge >= 0.3 is 5.97 Å². The molecule has 1 rings (SSSR count). The minimum Gasteiger partial charge on any atom is -0.426 e. The molecule has 1 aromatic carbocycles. The molecule has 78 valence electrons. The molecule has 0 amide bonds. The summed E-state index contributed by atoms with van der Waals surface area (Å²) in [4.78, 5) is 21.8. The maximum atomic E-state index is 11.0. The highest BCUT2D eigenvalue weighted by molar-refractivity contribution is 6.68. The summed E-state index contributed by atoms with van der Waals surface area (Å²) in [6.07, 6.45) is 1.42. The minimum absolute atomic E-state index is 0.269. The summed E-state index contributed by atoms with van der Waals surface area (Å²) >= 11 is 5.37. The molecule has 0 saturated carbocycles. The molecular formula is C11H9ClO3. The average molecular weight is 225 g/mol. The second kappa shape index (κ2) is 4.75. The fourth-order valence-corrected chi connectivity index (χ4v) is 1.33. The molecule has 1 aromatic rings. The normalized spacial score (nSPS) is 9.47. The van der Waals surface area contributed by atoms with E-state index in [0.29, 0.717) is 5.56 Å². The molecule has 3 nitrogen and oxygen atoms in total. The molecule has 0 aliphatic carbocycles. The zero-order valence-corrected chi connectivity index (χ0v) is 8.88. The summed E-state index contributed by atoms with van der Waals surface area (Å²) in [6.45, 7) is 4.82. The van der Waals surface area contributed by atoms with Gasteiger partial charge in [-0.15, -0.1) is 0 Å². The van der Waals surface area contributed by atoms with E-state index in [9.17, 15) is 9.59 Å². The lowest BCUT2D eigenvalue weighted by Gasteiger charge is -2.07. The zero-order chi connectivity index (χ0) is 11.4. The van der Waals surface area contributed by atoms with Gasteiger partial charge in [0, 0.05) is 18.1 Å². The summed E-state index contributed by atoms with van der Waals surface area (Å²) in [7, 11) is 0.